The highest BCUT2D eigenvalue weighted by molar-refractivity contribution is 6.03. The maximum atomic E-state index is 12.6. The summed E-state index contributed by atoms with van der Waals surface area (Å²) in [5.74, 6) is 1.24. The summed E-state index contributed by atoms with van der Waals surface area (Å²) >= 11 is 0. The number of methoxy groups -OCH3 is 1. The molecule has 2 aliphatic heterocycles. The van der Waals surface area contributed by atoms with E-state index in [4.69, 9.17) is 4.74 Å². The first-order valence-electron chi connectivity index (χ1n) is 11.6. The standard InChI is InChI=1S/C26H29N5O2/c1-33-24-17-21-20(16-22(24)29-25(32)10-7-14-30-12-5-2-6-13-30)26(28-18-27-21)31-15-11-19-8-3-4-9-23(19)31/h3-4,7-10,16-18H,2,5-6,11-15H2,1H3,(H,29,32)/b10-7+. The van der Waals surface area contributed by atoms with Gasteiger partial charge < -0.3 is 15.0 Å². The van der Waals surface area contributed by atoms with Gasteiger partial charge in [-0.25, -0.2) is 9.97 Å². The van der Waals surface area contributed by atoms with Gasteiger partial charge in [-0.1, -0.05) is 30.7 Å². The van der Waals surface area contributed by atoms with Gasteiger partial charge >= 0.3 is 0 Å². The van der Waals surface area contributed by atoms with E-state index in [0.29, 0.717) is 11.4 Å². The van der Waals surface area contributed by atoms with E-state index in [1.807, 2.05) is 24.3 Å². The second-order valence-electron chi connectivity index (χ2n) is 8.55. The lowest BCUT2D eigenvalue weighted by atomic mass is 10.1. The first kappa shape index (κ1) is 21.4. The molecule has 0 radical (unpaired) electrons. The van der Waals surface area contributed by atoms with Crippen LogP contribution >= 0.6 is 0 Å². The van der Waals surface area contributed by atoms with Crippen molar-refractivity contribution in [2.45, 2.75) is 25.7 Å². The lowest BCUT2D eigenvalue weighted by Crippen LogP contribution is -2.29. The molecule has 1 saturated heterocycles. The van der Waals surface area contributed by atoms with Gasteiger partial charge in [-0.2, -0.15) is 0 Å². The van der Waals surface area contributed by atoms with Crippen LogP contribution in [0.15, 0.2) is 54.9 Å². The van der Waals surface area contributed by atoms with Gasteiger partial charge in [0.25, 0.3) is 0 Å². The van der Waals surface area contributed by atoms with Crippen LogP contribution in [0.3, 0.4) is 0 Å². The normalized spacial score (nSPS) is 16.3. The van der Waals surface area contributed by atoms with Crippen molar-refractivity contribution in [1.82, 2.24) is 14.9 Å². The zero-order valence-corrected chi connectivity index (χ0v) is 19.0. The van der Waals surface area contributed by atoms with Crippen molar-refractivity contribution >= 4 is 34.0 Å². The number of hydrogen-bond acceptors (Lipinski definition) is 6. The third kappa shape index (κ3) is 4.54. The fraction of sp³-hybridized carbons (Fsp3) is 0.346. The van der Waals surface area contributed by atoms with Crippen LogP contribution in [0.2, 0.25) is 0 Å². The van der Waals surface area contributed by atoms with Crippen molar-refractivity contribution in [3.8, 4) is 5.75 Å². The fourth-order valence-electron chi connectivity index (χ4n) is 4.74. The number of carbonyl (C=O) groups is 1. The zero-order chi connectivity index (χ0) is 22.6. The predicted molar refractivity (Wildman–Crippen MR) is 131 cm³/mol. The number of para-hydroxylation sites is 1. The molecule has 2 aliphatic rings. The van der Waals surface area contributed by atoms with Crippen LogP contribution in [0.25, 0.3) is 10.9 Å². The number of anilines is 3. The van der Waals surface area contributed by atoms with E-state index in [9.17, 15) is 4.79 Å². The molecule has 3 aromatic rings. The molecular weight excluding hydrogens is 414 g/mol. The Labute approximate surface area is 194 Å². The molecule has 170 valence electrons. The fourth-order valence-corrected chi connectivity index (χ4v) is 4.74. The predicted octanol–water partition coefficient (Wildman–Crippen LogP) is 4.31. The third-order valence-corrected chi connectivity index (χ3v) is 6.42. The number of nitrogens with one attached hydrogen (secondary N) is 1. The Balaban J connectivity index is 1.40. The van der Waals surface area contributed by atoms with E-state index < -0.39 is 0 Å². The summed E-state index contributed by atoms with van der Waals surface area (Å²) in [5.41, 5.74) is 3.87. The molecule has 0 atom stereocenters. The van der Waals surface area contributed by atoms with E-state index in [-0.39, 0.29) is 5.91 Å². The van der Waals surface area contributed by atoms with Gasteiger partial charge in [0.05, 0.1) is 18.3 Å². The number of benzene rings is 2. The highest BCUT2D eigenvalue weighted by atomic mass is 16.5. The van der Waals surface area contributed by atoms with Gasteiger partial charge in [-0.15, -0.1) is 0 Å². The summed E-state index contributed by atoms with van der Waals surface area (Å²) in [7, 11) is 1.60. The number of aromatic nitrogens is 2. The number of amides is 1. The van der Waals surface area contributed by atoms with Crippen molar-refractivity contribution in [1.29, 1.82) is 0 Å². The second kappa shape index (κ2) is 9.58. The van der Waals surface area contributed by atoms with Crippen LogP contribution in [0.1, 0.15) is 24.8 Å². The summed E-state index contributed by atoms with van der Waals surface area (Å²) < 4.78 is 5.55. The summed E-state index contributed by atoms with van der Waals surface area (Å²) in [6, 6.07) is 12.2. The quantitative estimate of drug-likeness (QED) is 0.573. The monoisotopic (exact) mass is 443 g/mol. The van der Waals surface area contributed by atoms with Crippen LogP contribution < -0.4 is 15.0 Å². The molecule has 33 heavy (non-hydrogen) atoms. The molecule has 7 nitrogen and oxygen atoms in total. The molecule has 5 rings (SSSR count). The average Bonchev–Trinajstić information content (AvgIpc) is 3.28. The summed E-state index contributed by atoms with van der Waals surface area (Å²) in [4.78, 5) is 26.3. The van der Waals surface area contributed by atoms with E-state index >= 15 is 0 Å². The van der Waals surface area contributed by atoms with E-state index in [0.717, 1.165) is 49.3 Å². The highest BCUT2D eigenvalue weighted by Crippen LogP contribution is 2.39. The largest absolute Gasteiger partial charge is 0.494 e. The Morgan fingerprint density at radius 1 is 1.12 bits per heavy atom. The number of piperidine rings is 1. The molecule has 0 unspecified atom stereocenters. The topological polar surface area (TPSA) is 70.6 Å². The number of fused-ring (bicyclic) bond motifs is 2. The molecule has 1 N–H and O–H groups in total. The molecule has 1 fully saturated rings. The van der Waals surface area contributed by atoms with Crippen LogP contribution in [-0.2, 0) is 11.2 Å². The number of rotatable bonds is 6. The molecule has 7 heteroatoms. The Morgan fingerprint density at radius 3 is 2.82 bits per heavy atom. The number of carbonyl (C=O) groups excluding carboxylic acids is 1. The van der Waals surface area contributed by atoms with Gasteiger partial charge in [0.15, 0.2) is 0 Å². The van der Waals surface area contributed by atoms with E-state index in [1.165, 1.54) is 30.5 Å². The van der Waals surface area contributed by atoms with Crippen LogP contribution in [-0.4, -0.2) is 54.1 Å². The van der Waals surface area contributed by atoms with Crippen LogP contribution in [0.5, 0.6) is 5.75 Å². The van der Waals surface area contributed by atoms with Gasteiger partial charge in [-0.3, -0.25) is 9.69 Å². The Hall–Kier alpha value is -3.45. The summed E-state index contributed by atoms with van der Waals surface area (Å²) in [6.45, 7) is 3.87. The van der Waals surface area contributed by atoms with Crippen LogP contribution in [0.4, 0.5) is 17.2 Å². The van der Waals surface area contributed by atoms with E-state index in [2.05, 4.69) is 43.3 Å². The molecule has 1 aromatic heterocycles. The Kier molecular flexibility index (Phi) is 6.21. The maximum absolute atomic E-state index is 12.6. The number of nitrogens with zero attached hydrogens (tertiary/aromatic N) is 4. The van der Waals surface area contributed by atoms with E-state index in [1.54, 1.807) is 19.5 Å². The minimum atomic E-state index is -0.172. The van der Waals surface area contributed by atoms with Crippen molar-refractivity contribution in [2.75, 3.05) is 43.5 Å². The van der Waals surface area contributed by atoms with Gasteiger partial charge in [0.2, 0.25) is 5.91 Å². The van der Waals surface area contributed by atoms with Gasteiger partial charge in [0.1, 0.15) is 17.9 Å². The zero-order valence-electron chi connectivity index (χ0n) is 19.0. The molecule has 0 aliphatic carbocycles. The Bertz CT molecular complexity index is 1190. The Morgan fingerprint density at radius 2 is 1.97 bits per heavy atom. The SMILES string of the molecule is COc1cc2ncnc(N3CCc4ccccc43)c2cc1NC(=O)/C=C/CN1CCCCC1. The highest BCUT2D eigenvalue weighted by Gasteiger charge is 2.23. The molecule has 1 amide bonds. The minimum absolute atomic E-state index is 0.172. The lowest BCUT2D eigenvalue weighted by molar-refractivity contribution is -0.111. The second-order valence-corrected chi connectivity index (χ2v) is 8.55. The number of hydrogen-bond donors (Lipinski definition) is 1. The molecular formula is C26H29N5O2. The summed E-state index contributed by atoms with van der Waals surface area (Å²) in [5, 5.41) is 3.86. The minimum Gasteiger partial charge on any atom is -0.494 e. The number of ether oxygens (including phenoxy) is 1. The van der Waals surface area contributed by atoms with Gasteiger partial charge in [0, 0.05) is 36.3 Å². The van der Waals surface area contributed by atoms with Crippen molar-refractivity contribution < 1.29 is 9.53 Å². The number of likely N-dealkylation sites (tertiary alicyclic amines) is 1. The van der Waals surface area contributed by atoms with Crippen molar-refractivity contribution in [2.24, 2.45) is 0 Å². The molecule has 3 heterocycles. The summed E-state index contributed by atoms with van der Waals surface area (Å²) in [6.07, 6.45) is 9.88. The molecule has 0 bridgehead atoms. The lowest BCUT2D eigenvalue weighted by Gasteiger charge is -2.24. The first-order chi connectivity index (χ1) is 16.2. The molecule has 0 saturated carbocycles. The van der Waals surface area contributed by atoms with Crippen molar-refractivity contribution in [3.05, 3.63) is 60.4 Å². The van der Waals surface area contributed by atoms with Crippen LogP contribution in [0, 0.1) is 0 Å². The first-order valence-corrected chi connectivity index (χ1v) is 11.6. The maximum Gasteiger partial charge on any atom is 0.248 e. The smallest absolute Gasteiger partial charge is 0.248 e. The van der Waals surface area contributed by atoms with Crippen molar-refractivity contribution in [3.63, 3.8) is 0 Å². The molecule has 0 spiro atoms. The van der Waals surface area contributed by atoms with Gasteiger partial charge in [-0.05, 0) is 50.0 Å². The average molecular weight is 444 g/mol. The third-order valence-electron chi connectivity index (χ3n) is 6.42. The molecule has 2 aromatic carbocycles.